The average molecular weight is 187 g/mol. The van der Waals surface area contributed by atoms with Crippen molar-refractivity contribution in [1.29, 1.82) is 5.26 Å². The Balaban J connectivity index is 2.02. The van der Waals surface area contributed by atoms with Gasteiger partial charge in [-0.2, -0.15) is 5.26 Å². The first kappa shape index (κ1) is 8.51. The van der Waals surface area contributed by atoms with Crippen LogP contribution in [0.4, 0.5) is 0 Å². The summed E-state index contributed by atoms with van der Waals surface area (Å²) >= 11 is 0. The topological polar surface area (TPSA) is 59.4 Å². The van der Waals surface area contributed by atoms with Crippen molar-refractivity contribution in [2.45, 2.75) is 13.1 Å². The van der Waals surface area contributed by atoms with E-state index in [9.17, 15) is 0 Å². The summed E-state index contributed by atoms with van der Waals surface area (Å²) in [6.07, 6.45) is 8.81. The first-order valence-corrected chi connectivity index (χ1v) is 4.27. The summed E-state index contributed by atoms with van der Waals surface area (Å²) in [5.41, 5.74) is 0. The number of aryl methyl sites for hydroxylation is 2. The van der Waals surface area contributed by atoms with Gasteiger partial charge in [0.1, 0.15) is 6.07 Å². The summed E-state index contributed by atoms with van der Waals surface area (Å²) in [5.74, 6) is 0.449. The van der Waals surface area contributed by atoms with Crippen LogP contribution in [0.5, 0.6) is 0 Å². The fraction of sp³-hybridized carbons (Fsp3) is 0.222. The van der Waals surface area contributed by atoms with Gasteiger partial charge in [0.05, 0.1) is 6.33 Å². The molecule has 0 N–H and O–H groups in total. The van der Waals surface area contributed by atoms with Crippen LogP contribution in [0.3, 0.4) is 0 Å². The predicted octanol–water partition coefficient (Wildman–Crippen LogP) is 0.651. The number of nitriles is 1. The second-order valence-electron chi connectivity index (χ2n) is 2.86. The molecule has 2 heterocycles. The van der Waals surface area contributed by atoms with Gasteiger partial charge in [-0.15, -0.1) is 0 Å². The zero-order valence-corrected chi connectivity index (χ0v) is 7.54. The fourth-order valence-corrected chi connectivity index (χ4v) is 1.24. The van der Waals surface area contributed by atoms with Gasteiger partial charge in [0.2, 0.25) is 5.82 Å². The predicted molar refractivity (Wildman–Crippen MR) is 49.2 cm³/mol. The van der Waals surface area contributed by atoms with Crippen LogP contribution in [0.2, 0.25) is 0 Å². The standard InChI is InChI=1S/C9H9N5/c10-7-9-12-2-4-14(9)6-5-13-3-1-11-8-13/h1-4,8H,5-6H2. The summed E-state index contributed by atoms with van der Waals surface area (Å²) in [6, 6.07) is 2.03. The summed E-state index contributed by atoms with van der Waals surface area (Å²) in [4.78, 5) is 7.85. The highest BCUT2D eigenvalue weighted by atomic mass is 15.1. The van der Waals surface area contributed by atoms with E-state index in [-0.39, 0.29) is 0 Å². The van der Waals surface area contributed by atoms with Crippen LogP contribution in [0.15, 0.2) is 31.1 Å². The number of aromatic nitrogens is 4. The molecule has 0 radical (unpaired) electrons. The Morgan fingerprint density at radius 1 is 1.29 bits per heavy atom. The molecule has 5 heteroatoms. The maximum atomic E-state index is 8.71. The Morgan fingerprint density at radius 3 is 2.93 bits per heavy atom. The molecule has 0 atom stereocenters. The van der Waals surface area contributed by atoms with Gasteiger partial charge >= 0.3 is 0 Å². The van der Waals surface area contributed by atoms with E-state index < -0.39 is 0 Å². The monoisotopic (exact) mass is 187 g/mol. The maximum absolute atomic E-state index is 8.71. The Labute approximate surface area is 81.3 Å². The van der Waals surface area contributed by atoms with Gasteiger partial charge in [0.25, 0.3) is 0 Å². The molecule has 0 bridgehead atoms. The lowest BCUT2D eigenvalue weighted by Crippen LogP contribution is -2.06. The van der Waals surface area contributed by atoms with Crippen LogP contribution in [0, 0.1) is 11.3 Å². The van der Waals surface area contributed by atoms with E-state index >= 15 is 0 Å². The van der Waals surface area contributed by atoms with Crippen molar-refractivity contribution in [2.75, 3.05) is 0 Å². The molecule has 0 aromatic carbocycles. The second kappa shape index (κ2) is 3.75. The Morgan fingerprint density at radius 2 is 2.21 bits per heavy atom. The summed E-state index contributed by atoms with van der Waals surface area (Å²) in [6.45, 7) is 1.53. The van der Waals surface area contributed by atoms with E-state index in [1.807, 2.05) is 21.4 Å². The van der Waals surface area contributed by atoms with Crippen molar-refractivity contribution in [2.24, 2.45) is 0 Å². The third-order valence-corrected chi connectivity index (χ3v) is 1.97. The highest BCUT2D eigenvalue weighted by Gasteiger charge is 1.99. The van der Waals surface area contributed by atoms with Crippen LogP contribution in [-0.4, -0.2) is 19.1 Å². The average Bonchev–Trinajstić information content (AvgIpc) is 2.85. The zero-order valence-electron chi connectivity index (χ0n) is 7.54. The molecule has 2 aromatic heterocycles. The van der Waals surface area contributed by atoms with Gasteiger partial charge in [-0.3, -0.25) is 0 Å². The van der Waals surface area contributed by atoms with Crippen LogP contribution < -0.4 is 0 Å². The molecule has 70 valence electrons. The largest absolute Gasteiger partial charge is 0.336 e. The molecular weight excluding hydrogens is 178 g/mol. The molecule has 5 nitrogen and oxygen atoms in total. The van der Waals surface area contributed by atoms with E-state index in [0.29, 0.717) is 5.82 Å². The molecule has 0 fully saturated rings. The molecule has 0 aliphatic carbocycles. The van der Waals surface area contributed by atoms with Gasteiger partial charge < -0.3 is 9.13 Å². The minimum Gasteiger partial charge on any atom is -0.336 e. The lowest BCUT2D eigenvalue weighted by Gasteiger charge is -2.03. The number of imidazole rings is 2. The molecular formula is C9H9N5. The molecule has 0 amide bonds. The van der Waals surface area contributed by atoms with Crippen molar-refractivity contribution in [1.82, 2.24) is 19.1 Å². The van der Waals surface area contributed by atoms with Crippen molar-refractivity contribution >= 4 is 0 Å². The minimum atomic E-state index is 0.449. The first-order valence-electron chi connectivity index (χ1n) is 4.27. The maximum Gasteiger partial charge on any atom is 0.212 e. The molecule has 0 unspecified atom stereocenters. The van der Waals surface area contributed by atoms with E-state index in [4.69, 9.17) is 5.26 Å². The third kappa shape index (κ3) is 1.64. The Bertz CT molecular complexity index is 434. The van der Waals surface area contributed by atoms with Gasteiger partial charge in [0, 0.05) is 37.9 Å². The number of rotatable bonds is 3. The molecule has 0 saturated carbocycles. The van der Waals surface area contributed by atoms with Crippen LogP contribution in [-0.2, 0) is 13.1 Å². The van der Waals surface area contributed by atoms with Gasteiger partial charge in [-0.05, 0) is 0 Å². The van der Waals surface area contributed by atoms with Crippen LogP contribution in [0.25, 0.3) is 0 Å². The summed E-state index contributed by atoms with van der Waals surface area (Å²) in [7, 11) is 0. The fourth-order valence-electron chi connectivity index (χ4n) is 1.24. The highest BCUT2D eigenvalue weighted by molar-refractivity contribution is 5.10. The van der Waals surface area contributed by atoms with E-state index in [1.54, 1.807) is 24.9 Å². The van der Waals surface area contributed by atoms with Crippen LogP contribution in [0.1, 0.15) is 5.82 Å². The van der Waals surface area contributed by atoms with Crippen molar-refractivity contribution in [3.63, 3.8) is 0 Å². The quantitative estimate of drug-likeness (QED) is 0.708. The molecule has 2 rings (SSSR count). The number of hydrogen-bond acceptors (Lipinski definition) is 3. The minimum absolute atomic E-state index is 0.449. The Hall–Kier alpha value is -2.09. The lowest BCUT2D eigenvalue weighted by molar-refractivity contribution is 0.574. The van der Waals surface area contributed by atoms with Gasteiger partial charge in [-0.1, -0.05) is 0 Å². The summed E-state index contributed by atoms with van der Waals surface area (Å²) in [5, 5.41) is 8.71. The molecule has 0 spiro atoms. The lowest BCUT2D eigenvalue weighted by atomic mass is 10.5. The third-order valence-electron chi connectivity index (χ3n) is 1.97. The van der Waals surface area contributed by atoms with E-state index in [2.05, 4.69) is 9.97 Å². The van der Waals surface area contributed by atoms with Crippen molar-refractivity contribution in [3.8, 4) is 6.07 Å². The number of hydrogen-bond donors (Lipinski definition) is 0. The Kier molecular flexibility index (Phi) is 2.28. The van der Waals surface area contributed by atoms with Crippen molar-refractivity contribution < 1.29 is 0 Å². The summed E-state index contributed by atoms with van der Waals surface area (Å²) < 4.78 is 3.78. The second-order valence-corrected chi connectivity index (χ2v) is 2.86. The zero-order chi connectivity index (χ0) is 9.80. The smallest absolute Gasteiger partial charge is 0.212 e. The SMILES string of the molecule is N#Cc1nccn1CCn1ccnc1. The van der Waals surface area contributed by atoms with Gasteiger partial charge in [-0.25, -0.2) is 9.97 Å². The molecule has 0 aliphatic rings. The van der Waals surface area contributed by atoms with Gasteiger partial charge in [0.15, 0.2) is 0 Å². The number of nitrogens with zero attached hydrogens (tertiary/aromatic N) is 5. The van der Waals surface area contributed by atoms with Crippen LogP contribution >= 0.6 is 0 Å². The first-order chi connectivity index (χ1) is 6.90. The van der Waals surface area contributed by atoms with E-state index in [0.717, 1.165) is 13.1 Å². The normalized spacial score (nSPS) is 9.93. The van der Waals surface area contributed by atoms with E-state index in [1.165, 1.54) is 0 Å². The van der Waals surface area contributed by atoms with Crippen molar-refractivity contribution in [3.05, 3.63) is 36.9 Å². The highest BCUT2D eigenvalue weighted by Crippen LogP contribution is 1.97. The molecule has 14 heavy (non-hydrogen) atoms. The molecule has 0 saturated heterocycles. The molecule has 0 aliphatic heterocycles. The molecule has 2 aromatic rings.